The van der Waals surface area contributed by atoms with Crippen LogP contribution in [0.4, 0.5) is 17.5 Å². The Kier molecular flexibility index (Phi) is 3.19. The highest BCUT2D eigenvalue weighted by Crippen LogP contribution is 2.26. The Hall–Kier alpha value is -2.10. The molecule has 2 N–H and O–H groups in total. The van der Waals surface area contributed by atoms with Gasteiger partial charge in [0.05, 0.1) is 0 Å². The summed E-state index contributed by atoms with van der Waals surface area (Å²) in [5.74, 6) is 1.12. The van der Waals surface area contributed by atoms with Crippen molar-refractivity contribution in [1.82, 2.24) is 9.97 Å². The summed E-state index contributed by atoms with van der Waals surface area (Å²) < 4.78 is 0. The van der Waals surface area contributed by atoms with E-state index < -0.39 is 0 Å². The molecule has 2 rings (SSSR count). The van der Waals surface area contributed by atoms with E-state index in [2.05, 4.69) is 42.0 Å². The van der Waals surface area contributed by atoms with Gasteiger partial charge in [-0.1, -0.05) is 17.7 Å². The average molecular weight is 242 g/mol. The number of nitrogen functional groups attached to an aromatic ring is 1. The lowest BCUT2D eigenvalue weighted by molar-refractivity contribution is 1.05. The van der Waals surface area contributed by atoms with Crippen molar-refractivity contribution in [1.29, 1.82) is 0 Å². The molecule has 18 heavy (non-hydrogen) atoms. The predicted octanol–water partition coefficient (Wildman–Crippen LogP) is 2.75. The second kappa shape index (κ2) is 4.64. The van der Waals surface area contributed by atoms with Gasteiger partial charge in [-0.15, -0.1) is 0 Å². The Morgan fingerprint density at radius 1 is 1.06 bits per heavy atom. The van der Waals surface area contributed by atoms with Gasteiger partial charge in [0.2, 0.25) is 5.95 Å². The van der Waals surface area contributed by atoms with Crippen molar-refractivity contribution in [2.45, 2.75) is 20.8 Å². The molecule has 0 amide bonds. The molecule has 0 atom stereocenters. The largest absolute Gasteiger partial charge is 0.368 e. The van der Waals surface area contributed by atoms with Crippen LogP contribution in [0.1, 0.15) is 16.8 Å². The van der Waals surface area contributed by atoms with Crippen LogP contribution in [-0.4, -0.2) is 17.0 Å². The van der Waals surface area contributed by atoms with E-state index in [1.165, 1.54) is 11.1 Å². The summed E-state index contributed by atoms with van der Waals surface area (Å²) in [7, 11) is 1.98. The normalized spacial score (nSPS) is 10.4. The molecule has 2 aromatic rings. The molecule has 0 bridgehead atoms. The highest BCUT2D eigenvalue weighted by atomic mass is 15.2. The molecule has 4 heteroatoms. The van der Waals surface area contributed by atoms with Crippen molar-refractivity contribution in [2.75, 3.05) is 17.7 Å². The standard InChI is InChI=1S/C14H18N4/c1-9-5-6-12(10(2)7-9)18(4)13-8-11(3)16-14(15)17-13/h5-8H,1-4H3,(H2,15,16,17). The van der Waals surface area contributed by atoms with Crippen LogP contribution < -0.4 is 10.6 Å². The molecule has 0 aliphatic heterocycles. The van der Waals surface area contributed by atoms with Gasteiger partial charge in [-0.25, -0.2) is 4.98 Å². The first-order valence-corrected chi connectivity index (χ1v) is 5.89. The molecule has 1 heterocycles. The molecular formula is C14H18N4. The van der Waals surface area contributed by atoms with E-state index in [0.717, 1.165) is 17.2 Å². The third-order valence-corrected chi connectivity index (χ3v) is 2.92. The fourth-order valence-electron chi connectivity index (χ4n) is 2.05. The molecule has 0 unspecified atom stereocenters. The summed E-state index contributed by atoms with van der Waals surface area (Å²) in [6, 6.07) is 8.27. The molecule has 0 aliphatic carbocycles. The topological polar surface area (TPSA) is 55.0 Å². The Morgan fingerprint density at radius 3 is 2.39 bits per heavy atom. The monoisotopic (exact) mass is 242 g/mol. The zero-order valence-electron chi connectivity index (χ0n) is 11.2. The van der Waals surface area contributed by atoms with Crippen molar-refractivity contribution >= 4 is 17.5 Å². The summed E-state index contributed by atoms with van der Waals surface area (Å²) in [4.78, 5) is 10.4. The lowest BCUT2D eigenvalue weighted by Crippen LogP contribution is -2.14. The summed E-state index contributed by atoms with van der Waals surface area (Å²) in [5.41, 5.74) is 10.1. The smallest absolute Gasteiger partial charge is 0.222 e. The maximum absolute atomic E-state index is 5.69. The van der Waals surface area contributed by atoms with Crippen LogP contribution >= 0.6 is 0 Å². The third-order valence-electron chi connectivity index (χ3n) is 2.92. The van der Waals surface area contributed by atoms with Crippen molar-refractivity contribution in [2.24, 2.45) is 0 Å². The van der Waals surface area contributed by atoms with E-state index in [0.29, 0.717) is 5.95 Å². The van der Waals surface area contributed by atoms with Crippen LogP contribution in [-0.2, 0) is 0 Å². The summed E-state index contributed by atoms with van der Waals surface area (Å²) in [6.07, 6.45) is 0. The van der Waals surface area contributed by atoms with Crippen LogP contribution in [0.2, 0.25) is 0 Å². The van der Waals surface area contributed by atoms with Gasteiger partial charge in [0, 0.05) is 24.5 Å². The minimum Gasteiger partial charge on any atom is -0.368 e. The highest BCUT2D eigenvalue weighted by molar-refractivity contribution is 5.64. The maximum Gasteiger partial charge on any atom is 0.222 e. The molecule has 1 aromatic carbocycles. The Bertz CT molecular complexity index is 558. The number of aryl methyl sites for hydroxylation is 3. The van der Waals surface area contributed by atoms with Gasteiger partial charge in [-0.2, -0.15) is 4.98 Å². The SMILES string of the molecule is Cc1ccc(N(C)c2cc(C)nc(N)n2)c(C)c1. The molecule has 1 aromatic heterocycles. The first-order valence-electron chi connectivity index (χ1n) is 5.89. The summed E-state index contributed by atoms with van der Waals surface area (Å²) in [6.45, 7) is 6.09. The molecular weight excluding hydrogens is 224 g/mol. The zero-order valence-corrected chi connectivity index (χ0v) is 11.2. The zero-order chi connectivity index (χ0) is 13.3. The number of hydrogen-bond donors (Lipinski definition) is 1. The van der Waals surface area contributed by atoms with Gasteiger partial charge in [0.15, 0.2) is 0 Å². The Balaban J connectivity index is 2.44. The van der Waals surface area contributed by atoms with Gasteiger partial charge in [-0.3, -0.25) is 0 Å². The second-order valence-electron chi connectivity index (χ2n) is 4.57. The highest BCUT2D eigenvalue weighted by Gasteiger charge is 2.09. The molecule has 0 radical (unpaired) electrons. The van der Waals surface area contributed by atoms with Gasteiger partial charge in [0.1, 0.15) is 5.82 Å². The quantitative estimate of drug-likeness (QED) is 0.879. The van der Waals surface area contributed by atoms with Crippen molar-refractivity contribution < 1.29 is 0 Å². The number of anilines is 3. The Morgan fingerprint density at radius 2 is 1.78 bits per heavy atom. The predicted molar refractivity (Wildman–Crippen MR) is 75.2 cm³/mol. The number of hydrogen-bond acceptors (Lipinski definition) is 4. The van der Waals surface area contributed by atoms with E-state index in [1.807, 2.05) is 24.9 Å². The molecule has 0 saturated heterocycles. The van der Waals surface area contributed by atoms with Crippen LogP contribution in [0.25, 0.3) is 0 Å². The molecule has 0 fully saturated rings. The van der Waals surface area contributed by atoms with Gasteiger partial charge < -0.3 is 10.6 Å². The molecule has 0 aliphatic rings. The number of aromatic nitrogens is 2. The molecule has 0 spiro atoms. The Labute approximate surface area is 107 Å². The van der Waals surface area contributed by atoms with Crippen molar-refractivity contribution in [3.05, 3.63) is 41.1 Å². The van der Waals surface area contributed by atoms with E-state index in [-0.39, 0.29) is 0 Å². The molecule has 94 valence electrons. The lowest BCUT2D eigenvalue weighted by Gasteiger charge is -2.21. The van der Waals surface area contributed by atoms with E-state index in [1.54, 1.807) is 0 Å². The summed E-state index contributed by atoms with van der Waals surface area (Å²) >= 11 is 0. The van der Waals surface area contributed by atoms with Crippen LogP contribution in [0.15, 0.2) is 24.3 Å². The number of benzene rings is 1. The van der Waals surface area contributed by atoms with Crippen LogP contribution in [0, 0.1) is 20.8 Å². The second-order valence-corrected chi connectivity index (χ2v) is 4.57. The average Bonchev–Trinajstić information content (AvgIpc) is 2.26. The number of rotatable bonds is 2. The maximum atomic E-state index is 5.69. The third kappa shape index (κ3) is 2.42. The minimum absolute atomic E-state index is 0.307. The van der Waals surface area contributed by atoms with Gasteiger partial charge in [-0.05, 0) is 32.4 Å². The fraction of sp³-hybridized carbons (Fsp3) is 0.286. The number of nitrogens with two attached hydrogens (primary N) is 1. The number of nitrogens with zero attached hydrogens (tertiary/aromatic N) is 3. The van der Waals surface area contributed by atoms with Gasteiger partial charge in [0.25, 0.3) is 0 Å². The lowest BCUT2D eigenvalue weighted by atomic mass is 10.1. The summed E-state index contributed by atoms with van der Waals surface area (Å²) in [5, 5.41) is 0. The fourth-order valence-corrected chi connectivity index (χ4v) is 2.05. The van der Waals surface area contributed by atoms with E-state index in [4.69, 9.17) is 5.73 Å². The van der Waals surface area contributed by atoms with Crippen LogP contribution in [0.3, 0.4) is 0 Å². The van der Waals surface area contributed by atoms with Crippen molar-refractivity contribution in [3.63, 3.8) is 0 Å². The van der Waals surface area contributed by atoms with Crippen molar-refractivity contribution in [3.8, 4) is 0 Å². The van der Waals surface area contributed by atoms with E-state index in [9.17, 15) is 0 Å². The van der Waals surface area contributed by atoms with Crippen LogP contribution in [0.5, 0.6) is 0 Å². The molecule has 0 saturated carbocycles. The first kappa shape index (κ1) is 12.4. The minimum atomic E-state index is 0.307. The van der Waals surface area contributed by atoms with E-state index >= 15 is 0 Å². The first-order chi connectivity index (χ1) is 8.47. The van der Waals surface area contributed by atoms with Gasteiger partial charge >= 0.3 is 0 Å². The molecule has 4 nitrogen and oxygen atoms in total.